The van der Waals surface area contributed by atoms with Crippen LogP contribution in [0.5, 0.6) is 0 Å². The van der Waals surface area contributed by atoms with Gasteiger partial charge in [0, 0.05) is 6.42 Å². The predicted molar refractivity (Wildman–Crippen MR) is 87.7 cm³/mol. The third kappa shape index (κ3) is 14.1. The Kier molecular flexibility index (Phi) is 11.6. The summed E-state index contributed by atoms with van der Waals surface area (Å²) in [5.74, 6) is -0.332. The molecule has 0 rings (SSSR count). The van der Waals surface area contributed by atoms with Crippen molar-refractivity contribution in [3.63, 3.8) is 0 Å². The van der Waals surface area contributed by atoms with Gasteiger partial charge in [-0.2, -0.15) is 0 Å². The van der Waals surface area contributed by atoms with Gasteiger partial charge in [-0.15, -0.1) is 0 Å². The lowest BCUT2D eigenvalue weighted by atomic mass is 10.1. The highest BCUT2D eigenvalue weighted by atomic mass is 32.2. The standard InChI is InChI=1S/C15H32N2O3S/c1-4-5-6-7-8-9-12-15(18)16-21(19,20)14-11-10-13-17(2)3/h4-14H2,1-3H3,(H,16,18). The number of amides is 1. The van der Waals surface area contributed by atoms with E-state index < -0.39 is 10.0 Å². The molecule has 0 atom stereocenters. The van der Waals surface area contributed by atoms with Gasteiger partial charge < -0.3 is 4.90 Å². The normalized spacial score (nSPS) is 11.8. The zero-order valence-electron chi connectivity index (χ0n) is 13.9. The molecule has 0 unspecified atom stereocenters. The first-order valence-electron chi connectivity index (χ1n) is 8.05. The van der Waals surface area contributed by atoms with Crippen molar-refractivity contribution in [2.24, 2.45) is 0 Å². The summed E-state index contributed by atoms with van der Waals surface area (Å²) in [5, 5.41) is 0. The third-order valence-corrected chi connectivity index (χ3v) is 4.66. The van der Waals surface area contributed by atoms with Gasteiger partial charge in [-0.3, -0.25) is 9.52 Å². The van der Waals surface area contributed by atoms with Crippen molar-refractivity contribution in [3.05, 3.63) is 0 Å². The van der Waals surface area contributed by atoms with Crippen molar-refractivity contribution in [2.45, 2.75) is 64.7 Å². The molecule has 0 aromatic carbocycles. The number of carbonyl (C=O) groups excluding carboxylic acids is 1. The number of rotatable bonds is 13. The Morgan fingerprint density at radius 2 is 1.57 bits per heavy atom. The van der Waals surface area contributed by atoms with Crippen molar-refractivity contribution in [3.8, 4) is 0 Å². The fraction of sp³-hybridized carbons (Fsp3) is 0.933. The summed E-state index contributed by atoms with van der Waals surface area (Å²) in [6, 6.07) is 0. The smallest absolute Gasteiger partial charge is 0.234 e. The minimum absolute atomic E-state index is 0.0308. The van der Waals surface area contributed by atoms with Gasteiger partial charge in [0.15, 0.2) is 0 Å². The number of unbranched alkanes of at least 4 members (excludes halogenated alkanes) is 6. The zero-order valence-corrected chi connectivity index (χ0v) is 14.7. The average Bonchev–Trinajstić information content (AvgIpc) is 2.38. The van der Waals surface area contributed by atoms with E-state index in [4.69, 9.17) is 0 Å². The minimum Gasteiger partial charge on any atom is -0.309 e. The van der Waals surface area contributed by atoms with Gasteiger partial charge >= 0.3 is 0 Å². The quantitative estimate of drug-likeness (QED) is 0.530. The number of sulfonamides is 1. The van der Waals surface area contributed by atoms with Crippen LogP contribution in [0.25, 0.3) is 0 Å². The van der Waals surface area contributed by atoms with Crippen LogP contribution in [0.4, 0.5) is 0 Å². The van der Waals surface area contributed by atoms with Crippen LogP contribution in [0.2, 0.25) is 0 Å². The molecule has 0 aromatic rings. The van der Waals surface area contributed by atoms with E-state index in [1.165, 1.54) is 19.3 Å². The van der Waals surface area contributed by atoms with Gasteiger partial charge in [-0.05, 0) is 39.9 Å². The lowest BCUT2D eigenvalue weighted by Gasteiger charge is -2.10. The van der Waals surface area contributed by atoms with E-state index in [0.29, 0.717) is 12.8 Å². The molecule has 0 saturated heterocycles. The molecule has 126 valence electrons. The van der Waals surface area contributed by atoms with Gasteiger partial charge in [-0.25, -0.2) is 8.42 Å². The molecule has 6 heteroatoms. The molecule has 0 fully saturated rings. The Bertz CT molecular complexity index is 367. The first-order chi connectivity index (χ1) is 9.87. The molecule has 1 N–H and O–H groups in total. The average molecular weight is 320 g/mol. The summed E-state index contributed by atoms with van der Waals surface area (Å²) in [6.45, 7) is 3.03. The third-order valence-electron chi connectivity index (χ3n) is 3.30. The largest absolute Gasteiger partial charge is 0.309 e. The van der Waals surface area contributed by atoms with Gasteiger partial charge in [0.25, 0.3) is 0 Å². The number of nitrogens with one attached hydrogen (secondary N) is 1. The van der Waals surface area contributed by atoms with E-state index >= 15 is 0 Å². The lowest BCUT2D eigenvalue weighted by Crippen LogP contribution is -2.32. The van der Waals surface area contributed by atoms with E-state index in [1.54, 1.807) is 0 Å². The van der Waals surface area contributed by atoms with Crippen molar-refractivity contribution in [2.75, 3.05) is 26.4 Å². The first kappa shape index (κ1) is 20.4. The summed E-state index contributed by atoms with van der Waals surface area (Å²) >= 11 is 0. The molecular formula is C15H32N2O3S. The molecule has 0 bridgehead atoms. The molecule has 0 saturated carbocycles. The second-order valence-electron chi connectivity index (χ2n) is 5.87. The molecule has 0 spiro atoms. The second kappa shape index (κ2) is 12.0. The number of nitrogens with zero attached hydrogens (tertiary/aromatic N) is 1. The molecule has 1 amide bonds. The molecule has 0 aliphatic rings. The Labute approximate surface area is 130 Å². The number of hydrogen-bond donors (Lipinski definition) is 1. The number of carbonyl (C=O) groups is 1. The monoisotopic (exact) mass is 320 g/mol. The maximum Gasteiger partial charge on any atom is 0.234 e. The molecule has 0 aliphatic carbocycles. The van der Waals surface area contributed by atoms with Gasteiger partial charge in [0.2, 0.25) is 15.9 Å². The van der Waals surface area contributed by atoms with Crippen LogP contribution in [0, 0.1) is 0 Å². The van der Waals surface area contributed by atoms with Gasteiger partial charge in [0.05, 0.1) is 5.75 Å². The zero-order chi connectivity index (χ0) is 16.1. The van der Waals surface area contributed by atoms with Crippen LogP contribution < -0.4 is 4.72 Å². The van der Waals surface area contributed by atoms with E-state index in [0.717, 1.165) is 32.2 Å². The van der Waals surface area contributed by atoms with Crippen molar-refractivity contribution in [1.82, 2.24) is 9.62 Å². The van der Waals surface area contributed by atoms with E-state index in [1.807, 2.05) is 19.0 Å². The predicted octanol–water partition coefficient (Wildman–Crippen LogP) is 2.52. The molecule has 5 nitrogen and oxygen atoms in total. The highest BCUT2D eigenvalue weighted by molar-refractivity contribution is 7.90. The van der Waals surface area contributed by atoms with Crippen LogP contribution in [0.3, 0.4) is 0 Å². The molecule has 21 heavy (non-hydrogen) atoms. The Morgan fingerprint density at radius 3 is 2.19 bits per heavy atom. The first-order valence-corrected chi connectivity index (χ1v) is 9.70. The van der Waals surface area contributed by atoms with Crippen molar-refractivity contribution in [1.29, 1.82) is 0 Å². The second-order valence-corrected chi connectivity index (χ2v) is 7.71. The van der Waals surface area contributed by atoms with Gasteiger partial charge in [-0.1, -0.05) is 39.0 Å². The lowest BCUT2D eigenvalue weighted by molar-refractivity contribution is -0.119. The Hall–Kier alpha value is -0.620. The van der Waals surface area contributed by atoms with E-state index in [-0.39, 0.29) is 11.7 Å². The summed E-state index contributed by atoms with van der Waals surface area (Å²) in [7, 11) is 0.462. The summed E-state index contributed by atoms with van der Waals surface area (Å²) in [6.07, 6.45) is 8.23. The topological polar surface area (TPSA) is 66.5 Å². The Balaban J connectivity index is 3.71. The summed E-state index contributed by atoms with van der Waals surface area (Å²) in [4.78, 5) is 13.6. The minimum atomic E-state index is -3.45. The molecule has 0 aliphatic heterocycles. The maximum atomic E-state index is 11.7. The van der Waals surface area contributed by atoms with Crippen molar-refractivity contribution < 1.29 is 13.2 Å². The highest BCUT2D eigenvalue weighted by Crippen LogP contribution is 2.07. The SMILES string of the molecule is CCCCCCCCC(=O)NS(=O)(=O)CCCCN(C)C. The summed E-state index contributed by atoms with van der Waals surface area (Å²) in [5.41, 5.74) is 0. The highest BCUT2D eigenvalue weighted by Gasteiger charge is 2.13. The molecule has 0 radical (unpaired) electrons. The van der Waals surface area contributed by atoms with Gasteiger partial charge in [0.1, 0.15) is 0 Å². The fourth-order valence-corrected chi connectivity index (χ4v) is 3.20. The molecular weight excluding hydrogens is 288 g/mol. The summed E-state index contributed by atoms with van der Waals surface area (Å²) < 4.78 is 25.6. The fourth-order valence-electron chi connectivity index (χ4n) is 2.06. The maximum absolute atomic E-state index is 11.7. The van der Waals surface area contributed by atoms with Crippen LogP contribution in [0.15, 0.2) is 0 Å². The van der Waals surface area contributed by atoms with Crippen LogP contribution in [0.1, 0.15) is 64.7 Å². The van der Waals surface area contributed by atoms with E-state index in [2.05, 4.69) is 11.6 Å². The van der Waals surface area contributed by atoms with Crippen LogP contribution in [-0.2, 0) is 14.8 Å². The number of hydrogen-bond acceptors (Lipinski definition) is 4. The molecule has 0 heterocycles. The van der Waals surface area contributed by atoms with Crippen LogP contribution in [-0.4, -0.2) is 45.6 Å². The van der Waals surface area contributed by atoms with Crippen LogP contribution >= 0.6 is 0 Å². The molecule has 0 aromatic heterocycles. The van der Waals surface area contributed by atoms with E-state index in [9.17, 15) is 13.2 Å². The Morgan fingerprint density at radius 1 is 0.952 bits per heavy atom. The van der Waals surface area contributed by atoms with Crippen molar-refractivity contribution >= 4 is 15.9 Å².